The maximum Gasteiger partial charge on any atom is 0.344 e. The molecule has 0 radical (unpaired) electrons. The van der Waals surface area contributed by atoms with Crippen LogP contribution in [0.1, 0.15) is 6.42 Å². The molecule has 0 saturated heterocycles. The number of para-hydroxylation sites is 1. The van der Waals surface area contributed by atoms with Crippen molar-refractivity contribution in [1.29, 1.82) is 0 Å². The van der Waals surface area contributed by atoms with E-state index in [1.54, 1.807) is 18.2 Å². The lowest BCUT2D eigenvalue weighted by molar-refractivity contribution is -0.163. The van der Waals surface area contributed by atoms with Crippen LogP contribution in [0.5, 0.6) is 0 Å². The summed E-state index contributed by atoms with van der Waals surface area (Å²) in [6.45, 7) is 0. The topological polar surface area (TPSA) is 129 Å². The summed E-state index contributed by atoms with van der Waals surface area (Å²) in [5.41, 5.74) is -2.56. The summed E-state index contributed by atoms with van der Waals surface area (Å²) in [6.07, 6.45) is -0.695. The maximum atomic E-state index is 12.9. The van der Waals surface area contributed by atoms with Crippen LogP contribution in [0.4, 0.5) is 5.69 Å². The Morgan fingerprint density at radius 1 is 0.931 bits per heavy atom. The second kappa shape index (κ2) is 8.63. The van der Waals surface area contributed by atoms with Crippen LogP contribution in [-0.4, -0.2) is 69.0 Å². The van der Waals surface area contributed by atoms with Crippen molar-refractivity contribution in [3.05, 3.63) is 41.7 Å². The Bertz CT molecular complexity index is 830. The van der Waals surface area contributed by atoms with Gasteiger partial charge in [0.05, 0.1) is 34.9 Å². The van der Waals surface area contributed by atoms with Gasteiger partial charge in [-0.2, -0.15) is 0 Å². The summed E-state index contributed by atoms with van der Waals surface area (Å²) in [5.74, 6) is -4.94. The second-order valence-electron chi connectivity index (χ2n) is 6.00. The molecule has 1 aromatic carbocycles. The number of carbonyl (C=O) groups excluding carboxylic acids is 4. The van der Waals surface area contributed by atoms with Crippen LogP contribution >= 0.6 is 0 Å². The van der Waals surface area contributed by atoms with Crippen molar-refractivity contribution in [1.82, 2.24) is 0 Å². The number of aliphatic hydroxyl groups excluding tert-OH is 1. The normalized spacial score (nSPS) is 17.9. The lowest BCUT2D eigenvalue weighted by Crippen LogP contribution is -2.69. The Hall–Kier alpha value is -3.56. The zero-order chi connectivity index (χ0) is 21.8. The zero-order valence-corrected chi connectivity index (χ0v) is 16.3. The summed E-state index contributed by atoms with van der Waals surface area (Å²) in [5, 5.41) is 10.6. The van der Waals surface area contributed by atoms with Gasteiger partial charge in [0, 0.05) is 5.69 Å². The van der Waals surface area contributed by atoms with Gasteiger partial charge in [0.2, 0.25) is 5.54 Å². The van der Waals surface area contributed by atoms with Crippen LogP contribution in [0.3, 0.4) is 0 Å². The second-order valence-corrected chi connectivity index (χ2v) is 6.00. The van der Waals surface area contributed by atoms with Crippen molar-refractivity contribution in [2.75, 3.05) is 33.3 Å². The summed E-state index contributed by atoms with van der Waals surface area (Å²) in [6, 6.07) is 6.19. The lowest BCUT2D eigenvalue weighted by Gasteiger charge is -2.47. The van der Waals surface area contributed by atoms with Crippen LogP contribution in [0.15, 0.2) is 41.7 Å². The zero-order valence-electron chi connectivity index (χ0n) is 16.3. The SMILES string of the molecule is COC(=O)C1=C(O)CC(C(=O)OC)(C(=O)OC)N(c2ccccc2)C1C(=O)OC. The third-order valence-electron chi connectivity index (χ3n) is 4.59. The first kappa shape index (κ1) is 21.7. The van der Waals surface area contributed by atoms with E-state index >= 15 is 0 Å². The highest BCUT2D eigenvalue weighted by Crippen LogP contribution is 2.41. The molecule has 0 saturated carbocycles. The number of hydrogen-bond donors (Lipinski definition) is 1. The Morgan fingerprint density at radius 3 is 1.93 bits per heavy atom. The van der Waals surface area contributed by atoms with Gasteiger partial charge in [-0.05, 0) is 12.1 Å². The van der Waals surface area contributed by atoms with Gasteiger partial charge in [0.1, 0.15) is 11.3 Å². The molecule has 29 heavy (non-hydrogen) atoms. The van der Waals surface area contributed by atoms with Gasteiger partial charge >= 0.3 is 23.9 Å². The number of anilines is 1. The van der Waals surface area contributed by atoms with E-state index in [1.165, 1.54) is 12.1 Å². The predicted octanol–water partition coefficient (Wildman–Crippen LogP) is 0.508. The van der Waals surface area contributed by atoms with E-state index in [2.05, 4.69) is 4.74 Å². The molecule has 0 bridgehead atoms. The number of carbonyl (C=O) groups is 4. The molecule has 156 valence electrons. The molecule has 10 nitrogen and oxygen atoms in total. The summed E-state index contributed by atoms with van der Waals surface area (Å²) in [7, 11) is 4.20. The van der Waals surface area contributed by atoms with Gasteiger partial charge < -0.3 is 29.0 Å². The van der Waals surface area contributed by atoms with Gasteiger partial charge in [0.15, 0.2) is 6.04 Å². The van der Waals surface area contributed by atoms with Crippen LogP contribution in [0, 0.1) is 0 Å². The minimum absolute atomic E-state index is 0.201. The molecule has 10 heteroatoms. The fourth-order valence-electron chi connectivity index (χ4n) is 3.32. The summed E-state index contributed by atoms with van der Waals surface area (Å²) in [4.78, 5) is 51.8. The number of esters is 4. The lowest BCUT2D eigenvalue weighted by atomic mass is 9.81. The van der Waals surface area contributed by atoms with E-state index in [0.29, 0.717) is 0 Å². The van der Waals surface area contributed by atoms with E-state index in [1.807, 2.05) is 0 Å². The largest absolute Gasteiger partial charge is 0.512 e. The molecule has 0 spiro atoms. The number of methoxy groups -OCH3 is 4. The first-order chi connectivity index (χ1) is 13.8. The fourth-order valence-corrected chi connectivity index (χ4v) is 3.32. The van der Waals surface area contributed by atoms with Crippen molar-refractivity contribution < 1.29 is 43.2 Å². The molecule has 0 fully saturated rings. The van der Waals surface area contributed by atoms with E-state index < -0.39 is 53.2 Å². The maximum absolute atomic E-state index is 12.9. The van der Waals surface area contributed by atoms with Crippen molar-refractivity contribution in [2.24, 2.45) is 0 Å². The molecule has 1 aliphatic heterocycles. The third-order valence-corrected chi connectivity index (χ3v) is 4.59. The Morgan fingerprint density at radius 2 is 1.48 bits per heavy atom. The van der Waals surface area contributed by atoms with E-state index in [0.717, 1.165) is 33.3 Å². The Labute approximate surface area is 166 Å². The van der Waals surface area contributed by atoms with Gasteiger partial charge in [-0.1, -0.05) is 18.2 Å². The van der Waals surface area contributed by atoms with Crippen LogP contribution in [0.25, 0.3) is 0 Å². The fraction of sp³-hybridized carbons (Fsp3) is 0.368. The monoisotopic (exact) mass is 407 g/mol. The minimum atomic E-state index is -2.30. The molecule has 1 aromatic rings. The number of rotatable bonds is 5. The molecule has 1 heterocycles. The molecule has 0 aromatic heterocycles. The van der Waals surface area contributed by atoms with Gasteiger partial charge in [-0.25, -0.2) is 19.2 Å². The van der Waals surface area contributed by atoms with E-state index in [4.69, 9.17) is 14.2 Å². The van der Waals surface area contributed by atoms with Gasteiger partial charge in [-0.3, -0.25) is 0 Å². The van der Waals surface area contributed by atoms with Crippen molar-refractivity contribution in [2.45, 2.75) is 18.0 Å². The van der Waals surface area contributed by atoms with Crippen LogP contribution in [0.2, 0.25) is 0 Å². The first-order valence-electron chi connectivity index (χ1n) is 8.39. The molecule has 1 aliphatic rings. The minimum Gasteiger partial charge on any atom is -0.512 e. The smallest absolute Gasteiger partial charge is 0.344 e. The standard InChI is InChI=1S/C19H21NO9/c1-26-15(22)13-12(21)10-19(17(24)28-3,18(25)29-4)20(14(13)16(23)27-2)11-8-6-5-7-9-11/h5-9,14,21H,10H2,1-4H3. The number of hydrogen-bond acceptors (Lipinski definition) is 10. The molecule has 1 N–H and O–H groups in total. The Kier molecular flexibility index (Phi) is 6.47. The molecule has 0 aliphatic carbocycles. The van der Waals surface area contributed by atoms with E-state index in [-0.39, 0.29) is 5.69 Å². The molecule has 0 amide bonds. The highest BCUT2D eigenvalue weighted by molar-refractivity contribution is 6.13. The molecule has 2 rings (SSSR count). The average Bonchev–Trinajstić information content (AvgIpc) is 2.76. The van der Waals surface area contributed by atoms with Crippen LogP contribution in [-0.2, 0) is 38.1 Å². The highest BCUT2D eigenvalue weighted by Gasteiger charge is 2.62. The first-order valence-corrected chi connectivity index (χ1v) is 8.39. The molecular formula is C19H21NO9. The number of nitrogens with zero attached hydrogens (tertiary/aromatic N) is 1. The molecule has 1 unspecified atom stereocenters. The van der Waals surface area contributed by atoms with Crippen LogP contribution < -0.4 is 4.90 Å². The number of benzene rings is 1. The third kappa shape index (κ3) is 3.48. The highest BCUT2D eigenvalue weighted by atomic mass is 16.6. The molecule has 1 atom stereocenters. The van der Waals surface area contributed by atoms with Gasteiger partial charge in [0.25, 0.3) is 0 Å². The van der Waals surface area contributed by atoms with Gasteiger partial charge in [-0.15, -0.1) is 0 Å². The summed E-state index contributed by atoms with van der Waals surface area (Å²) < 4.78 is 19.1. The number of ether oxygens (including phenoxy) is 4. The van der Waals surface area contributed by atoms with Crippen molar-refractivity contribution in [3.63, 3.8) is 0 Å². The van der Waals surface area contributed by atoms with E-state index in [9.17, 15) is 24.3 Å². The molecular weight excluding hydrogens is 386 g/mol. The number of aliphatic hydroxyl groups is 1. The average molecular weight is 407 g/mol. The predicted molar refractivity (Wildman–Crippen MR) is 97.8 cm³/mol. The Balaban J connectivity index is 2.95. The quantitative estimate of drug-likeness (QED) is 0.419. The summed E-state index contributed by atoms with van der Waals surface area (Å²) >= 11 is 0. The van der Waals surface area contributed by atoms with Crippen molar-refractivity contribution in [3.8, 4) is 0 Å². The van der Waals surface area contributed by atoms with Crippen molar-refractivity contribution >= 4 is 29.6 Å².